The lowest BCUT2D eigenvalue weighted by Gasteiger charge is -2.21. The van der Waals surface area contributed by atoms with Gasteiger partial charge in [-0.3, -0.25) is 9.69 Å². The van der Waals surface area contributed by atoms with E-state index in [1.54, 1.807) is 36.0 Å². The molecule has 2 N–H and O–H groups in total. The maximum atomic E-state index is 12.5. The molecular formula is C14H15ClN2O3S. The highest BCUT2D eigenvalue weighted by Crippen LogP contribution is 2.34. The minimum Gasteiger partial charge on any atom is -0.387 e. The maximum Gasteiger partial charge on any atom is 0.325 e. The molecule has 0 saturated carbocycles. The molecule has 0 radical (unpaired) electrons. The van der Waals surface area contributed by atoms with Crippen molar-refractivity contribution in [3.05, 3.63) is 34.9 Å². The zero-order valence-corrected chi connectivity index (χ0v) is 12.8. The zero-order chi connectivity index (χ0) is 15.0. The van der Waals surface area contributed by atoms with Crippen molar-refractivity contribution in [3.8, 4) is 0 Å². The Kier molecular flexibility index (Phi) is 3.86. The topological polar surface area (TPSA) is 69.6 Å². The van der Waals surface area contributed by atoms with E-state index >= 15 is 0 Å². The number of nitrogens with one attached hydrogen (secondary N) is 1. The number of thioether (sulfide) groups is 1. The van der Waals surface area contributed by atoms with Gasteiger partial charge < -0.3 is 10.4 Å². The number of carbonyl (C=O) groups is 2. The van der Waals surface area contributed by atoms with Gasteiger partial charge in [0.25, 0.3) is 5.91 Å². The molecule has 3 amide bonds. The van der Waals surface area contributed by atoms with Gasteiger partial charge in [-0.2, -0.15) is 11.8 Å². The Labute approximate surface area is 131 Å². The van der Waals surface area contributed by atoms with Crippen molar-refractivity contribution < 1.29 is 14.7 Å². The first-order valence-electron chi connectivity index (χ1n) is 6.67. The van der Waals surface area contributed by atoms with E-state index in [2.05, 4.69) is 5.32 Å². The summed E-state index contributed by atoms with van der Waals surface area (Å²) in [7, 11) is 0. The van der Waals surface area contributed by atoms with E-state index in [4.69, 9.17) is 11.6 Å². The monoisotopic (exact) mass is 326 g/mol. The Hall–Kier alpha value is -1.24. The second-order valence-electron chi connectivity index (χ2n) is 5.30. The van der Waals surface area contributed by atoms with E-state index in [0.717, 1.165) is 10.7 Å². The van der Waals surface area contributed by atoms with Crippen molar-refractivity contribution in [2.75, 3.05) is 18.1 Å². The van der Waals surface area contributed by atoms with Gasteiger partial charge in [-0.05, 0) is 29.9 Å². The Bertz CT molecular complexity index is 572. The molecule has 0 bridgehead atoms. The van der Waals surface area contributed by atoms with Crippen LogP contribution in [0.15, 0.2) is 24.3 Å². The molecule has 21 heavy (non-hydrogen) atoms. The number of aliphatic hydroxyl groups excluding tert-OH is 1. The quantitative estimate of drug-likeness (QED) is 0.831. The molecule has 1 aromatic carbocycles. The number of halogens is 1. The summed E-state index contributed by atoms with van der Waals surface area (Å²) in [6, 6.07) is 6.29. The molecule has 0 aliphatic carbocycles. The van der Waals surface area contributed by atoms with Gasteiger partial charge >= 0.3 is 6.03 Å². The number of carbonyl (C=O) groups excluding carboxylic acids is 2. The van der Waals surface area contributed by atoms with Gasteiger partial charge in [0, 0.05) is 10.8 Å². The number of rotatable bonds is 3. The smallest absolute Gasteiger partial charge is 0.325 e. The Morgan fingerprint density at radius 3 is 2.71 bits per heavy atom. The largest absolute Gasteiger partial charge is 0.387 e. The van der Waals surface area contributed by atoms with Crippen LogP contribution in [0.1, 0.15) is 18.1 Å². The minimum absolute atomic E-state index is 0.0429. The van der Waals surface area contributed by atoms with Crippen molar-refractivity contribution in [2.24, 2.45) is 0 Å². The average Bonchev–Trinajstić information content (AvgIpc) is 3.01. The lowest BCUT2D eigenvalue weighted by Crippen LogP contribution is -2.47. The summed E-state index contributed by atoms with van der Waals surface area (Å²) in [6.45, 7) is -0.0429. The van der Waals surface area contributed by atoms with Gasteiger partial charge in [0.2, 0.25) is 0 Å². The van der Waals surface area contributed by atoms with E-state index < -0.39 is 17.7 Å². The summed E-state index contributed by atoms with van der Waals surface area (Å²) < 4.78 is 0. The summed E-state index contributed by atoms with van der Waals surface area (Å²) in [4.78, 5) is 25.6. The van der Waals surface area contributed by atoms with Crippen LogP contribution in [0.25, 0.3) is 0 Å². The summed E-state index contributed by atoms with van der Waals surface area (Å²) in [5, 5.41) is 13.6. The standard InChI is InChI=1S/C14H15ClN2O3S/c15-10-3-1-9(2-4-10)11(18)7-17-12(19)14(16-13(17)20)5-6-21-8-14/h1-4,11,18H,5-8H2,(H,16,20)/t11-,14-/m1/s1. The van der Waals surface area contributed by atoms with Crippen LogP contribution < -0.4 is 5.32 Å². The number of urea groups is 1. The van der Waals surface area contributed by atoms with E-state index in [9.17, 15) is 14.7 Å². The number of hydrogen-bond acceptors (Lipinski definition) is 4. The van der Waals surface area contributed by atoms with Gasteiger partial charge in [-0.25, -0.2) is 4.79 Å². The molecule has 7 heteroatoms. The molecule has 1 aromatic rings. The predicted molar refractivity (Wildman–Crippen MR) is 81.3 cm³/mol. The highest BCUT2D eigenvalue weighted by atomic mass is 35.5. The summed E-state index contributed by atoms with van der Waals surface area (Å²) in [5.41, 5.74) is -0.136. The molecular weight excluding hydrogens is 312 g/mol. The first kappa shape index (κ1) is 14.7. The second-order valence-corrected chi connectivity index (χ2v) is 6.84. The molecule has 3 rings (SSSR count). The Balaban J connectivity index is 1.74. The molecule has 5 nitrogen and oxygen atoms in total. The Morgan fingerprint density at radius 2 is 2.10 bits per heavy atom. The number of nitrogens with zero attached hydrogens (tertiary/aromatic N) is 1. The van der Waals surface area contributed by atoms with Gasteiger partial charge in [0.1, 0.15) is 5.54 Å². The average molecular weight is 327 g/mol. The highest BCUT2D eigenvalue weighted by molar-refractivity contribution is 7.99. The SMILES string of the molecule is O=C1N[C@@]2(CCSC2)C(=O)N1C[C@@H](O)c1ccc(Cl)cc1. The lowest BCUT2D eigenvalue weighted by atomic mass is 9.99. The van der Waals surface area contributed by atoms with E-state index in [0.29, 0.717) is 22.8 Å². The summed E-state index contributed by atoms with van der Waals surface area (Å²) in [5.74, 6) is 1.23. The second kappa shape index (κ2) is 5.51. The van der Waals surface area contributed by atoms with E-state index in [1.165, 1.54) is 0 Å². The van der Waals surface area contributed by atoms with Crippen LogP contribution >= 0.6 is 23.4 Å². The van der Waals surface area contributed by atoms with Crippen LogP contribution in [0.5, 0.6) is 0 Å². The number of β-amino-alcohol motifs (C(OH)–C–C–N with tert-alkyl or cyclic N) is 1. The van der Waals surface area contributed by atoms with E-state index in [1.807, 2.05) is 0 Å². The third kappa shape index (κ3) is 2.63. The lowest BCUT2D eigenvalue weighted by molar-refractivity contribution is -0.131. The molecule has 2 saturated heterocycles. The van der Waals surface area contributed by atoms with Crippen molar-refractivity contribution in [2.45, 2.75) is 18.1 Å². The van der Waals surface area contributed by atoms with Gasteiger partial charge in [0.05, 0.1) is 12.6 Å². The fraction of sp³-hybridized carbons (Fsp3) is 0.429. The summed E-state index contributed by atoms with van der Waals surface area (Å²) in [6.07, 6.45) is -0.267. The first-order valence-corrected chi connectivity index (χ1v) is 8.20. The molecule has 1 spiro atoms. The van der Waals surface area contributed by atoms with Crippen LogP contribution in [-0.4, -0.2) is 45.5 Å². The molecule has 2 heterocycles. The molecule has 112 valence electrons. The third-order valence-corrected chi connectivity index (χ3v) is 5.32. The molecule has 2 aliphatic heterocycles. The molecule has 2 fully saturated rings. The van der Waals surface area contributed by atoms with Gasteiger partial charge in [0.15, 0.2) is 0 Å². The number of benzene rings is 1. The third-order valence-electron chi connectivity index (χ3n) is 3.88. The first-order chi connectivity index (χ1) is 10.0. The van der Waals surface area contributed by atoms with Crippen molar-refractivity contribution in [3.63, 3.8) is 0 Å². The number of imide groups is 1. The number of amides is 3. The zero-order valence-electron chi connectivity index (χ0n) is 11.2. The number of aliphatic hydroxyl groups is 1. The van der Waals surface area contributed by atoms with Crippen molar-refractivity contribution in [1.29, 1.82) is 0 Å². The molecule has 2 atom stereocenters. The fourth-order valence-corrected chi connectivity index (χ4v) is 4.09. The summed E-state index contributed by atoms with van der Waals surface area (Å²) >= 11 is 7.46. The number of hydrogen-bond donors (Lipinski definition) is 2. The van der Waals surface area contributed by atoms with Crippen molar-refractivity contribution in [1.82, 2.24) is 10.2 Å². The maximum absolute atomic E-state index is 12.5. The van der Waals surface area contributed by atoms with Crippen molar-refractivity contribution >= 4 is 35.3 Å². The van der Waals surface area contributed by atoms with Crippen LogP contribution in [-0.2, 0) is 4.79 Å². The minimum atomic E-state index is -0.916. The highest BCUT2D eigenvalue weighted by Gasteiger charge is 2.53. The normalized spacial score (nSPS) is 26.5. The molecule has 2 aliphatic rings. The Morgan fingerprint density at radius 1 is 1.38 bits per heavy atom. The van der Waals surface area contributed by atoms with Crippen LogP contribution in [0.3, 0.4) is 0 Å². The van der Waals surface area contributed by atoms with Crippen LogP contribution in [0, 0.1) is 0 Å². The van der Waals surface area contributed by atoms with Gasteiger partial charge in [-0.15, -0.1) is 0 Å². The molecule has 0 unspecified atom stereocenters. The predicted octanol–water partition coefficient (Wildman–Crippen LogP) is 1.80. The fourth-order valence-electron chi connectivity index (χ4n) is 2.64. The molecule has 0 aromatic heterocycles. The van der Waals surface area contributed by atoms with Gasteiger partial charge in [-0.1, -0.05) is 23.7 Å². The van der Waals surface area contributed by atoms with Crippen LogP contribution in [0.2, 0.25) is 5.02 Å². The van der Waals surface area contributed by atoms with Crippen LogP contribution in [0.4, 0.5) is 4.79 Å². The van der Waals surface area contributed by atoms with E-state index in [-0.39, 0.29) is 12.5 Å².